The molecular formula is C11H5ClF6O. The second kappa shape index (κ2) is 4.06. The van der Waals surface area contributed by atoms with E-state index >= 15 is 0 Å². The van der Waals surface area contributed by atoms with Crippen molar-refractivity contribution in [1.29, 1.82) is 0 Å². The smallest absolute Gasteiger partial charge is 0.384 e. The van der Waals surface area contributed by atoms with E-state index in [-0.39, 0.29) is 5.75 Å². The predicted molar refractivity (Wildman–Crippen MR) is 54.8 cm³/mol. The topological polar surface area (TPSA) is 9.23 Å². The number of alkyl halides is 6. The lowest BCUT2D eigenvalue weighted by molar-refractivity contribution is -0.268. The first-order chi connectivity index (χ1) is 8.62. The number of benzene rings is 1. The van der Waals surface area contributed by atoms with Gasteiger partial charge in [-0.15, -0.1) is 0 Å². The van der Waals surface area contributed by atoms with Crippen molar-refractivity contribution in [2.24, 2.45) is 0 Å². The molecule has 0 N–H and O–H groups in total. The third kappa shape index (κ3) is 1.79. The van der Waals surface area contributed by atoms with Crippen LogP contribution in [0.4, 0.5) is 26.3 Å². The first-order valence-corrected chi connectivity index (χ1v) is 5.27. The lowest BCUT2D eigenvalue weighted by Gasteiger charge is -2.24. The van der Waals surface area contributed by atoms with Crippen LogP contribution in [0.5, 0.6) is 5.75 Å². The Morgan fingerprint density at radius 3 is 1.79 bits per heavy atom. The molecule has 19 heavy (non-hydrogen) atoms. The zero-order valence-electron chi connectivity index (χ0n) is 8.94. The average molecular weight is 303 g/mol. The molecular weight excluding hydrogens is 298 g/mol. The fourth-order valence-corrected chi connectivity index (χ4v) is 1.75. The molecule has 0 fully saturated rings. The molecule has 0 heterocycles. The molecule has 0 radical (unpaired) electrons. The summed E-state index contributed by atoms with van der Waals surface area (Å²) >= 11 is 4.93. The summed E-state index contributed by atoms with van der Waals surface area (Å²) in [5.41, 5.74) is 0. The molecule has 0 aliphatic heterocycles. The highest BCUT2D eigenvalue weighted by Gasteiger charge is 2.81. The molecule has 8 heteroatoms. The molecule has 0 atom stereocenters. The molecule has 0 saturated carbocycles. The highest BCUT2D eigenvalue weighted by molar-refractivity contribution is 6.31. The number of hydrogen-bond acceptors (Lipinski definition) is 1. The van der Waals surface area contributed by atoms with E-state index in [1.807, 2.05) is 0 Å². The number of ether oxygens (including phenoxy) is 1. The van der Waals surface area contributed by atoms with Crippen LogP contribution in [0.15, 0.2) is 41.1 Å². The van der Waals surface area contributed by atoms with Gasteiger partial charge in [0.15, 0.2) is 0 Å². The summed E-state index contributed by atoms with van der Waals surface area (Å²) in [6.07, 6.45) is 0. The SMILES string of the molecule is FC1(F)C(Cl)=C(Oc2ccccc2)C(F)(F)C1(F)F. The van der Waals surface area contributed by atoms with Gasteiger partial charge >= 0.3 is 17.8 Å². The molecule has 0 amide bonds. The van der Waals surface area contributed by atoms with E-state index in [9.17, 15) is 26.3 Å². The zero-order chi connectivity index (χ0) is 14.5. The van der Waals surface area contributed by atoms with Crippen molar-refractivity contribution in [2.75, 3.05) is 0 Å². The summed E-state index contributed by atoms with van der Waals surface area (Å²) < 4.78 is 83.2. The van der Waals surface area contributed by atoms with E-state index in [1.54, 1.807) is 0 Å². The number of rotatable bonds is 2. The Bertz CT molecular complexity index is 525. The molecule has 0 bridgehead atoms. The van der Waals surface area contributed by atoms with Gasteiger partial charge in [-0.1, -0.05) is 29.8 Å². The quantitative estimate of drug-likeness (QED) is 0.734. The van der Waals surface area contributed by atoms with Gasteiger partial charge in [-0.05, 0) is 12.1 Å². The van der Waals surface area contributed by atoms with Crippen LogP contribution < -0.4 is 4.74 Å². The second-order valence-electron chi connectivity index (χ2n) is 3.78. The summed E-state index contributed by atoms with van der Waals surface area (Å²) in [7, 11) is 0. The monoisotopic (exact) mass is 302 g/mol. The largest absolute Gasteiger partial charge is 0.454 e. The van der Waals surface area contributed by atoms with Gasteiger partial charge in [0.1, 0.15) is 10.8 Å². The van der Waals surface area contributed by atoms with Gasteiger partial charge in [0, 0.05) is 0 Å². The molecule has 1 aliphatic carbocycles. The number of allylic oxidation sites excluding steroid dienone is 2. The minimum absolute atomic E-state index is 0.302. The number of hydrogen-bond donors (Lipinski definition) is 0. The van der Waals surface area contributed by atoms with E-state index in [4.69, 9.17) is 11.6 Å². The van der Waals surface area contributed by atoms with Gasteiger partial charge in [-0.2, -0.15) is 26.3 Å². The summed E-state index contributed by atoms with van der Waals surface area (Å²) in [6.45, 7) is 0. The van der Waals surface area contributed by atoms with Crippen LogP contribution in [-0.2, 0) is 0 Å². The van der Waals surface area contributed by atoms with Crippen LogP contribution in [0.25, 0.3) is 0 Å². The molecule has 0 unspecified atom stereocenters. The summed E-state index contributed by atoms with van der Waals surface area (Å²) in [4.78, 5) is 0. The molecule has 104 valence electrons. The standard InChI is InChI=1S/C11H5ClF6O/c12-7-8(19-6-4-2-1-3-5-6)10(15,16)11(17,18)9(7,13)14/h1-5H. The lowest BCUT2D eigenvalue weighted by atomic mass is 10.2. The first kappa shape index (κ1) is 14.0. The Kier molecular flexibility index (Phi) is 3.00. The maximum atomic E-state index is 13.3. The van der Waals surface area contributed by atoms with Gasteiger partial charge in [0.05, 0.1) is 0 Å². The van der Waals surface area contributed by atoms with Gasteiger partial charge < -0.3 is 4.74 Å². The predicted octanol–water partition coefficient (Wildman–Crippen LogP) is 4.44. The molecule has 2 rings (SSSR count). The van der Waals surface area contributed by atoms with Crippen LogP contribution in [0, 0.1) is 0 Å². The van der Waals surface area contributed by atoms with E-state index in [2.05, 4.69) is 4.74 Å². The van der Waals surface area contributed by atoms with Crippen molar-refractivity contribution in [1.82, 2.24) is 0 Å². The molecule has 0 spiro atoms. The van der Waals surface area contributed by atoms with Crippen LogP contribution >= 0.6 is 11.6 Å². The zero-order valence-corrected chi connectivity index (χ0v) is 9.70. The fraction of sp³-hybridized carbons (Fsp3) is 0.273. The summed E-state index contributed by atoms with van der Waals surface area (Å²) in [5, 5.41) is -1.99. The Morgan fingerprint density at radius 2 is 1.37 bits per heavy atom. The van der Waals surface area contributed by atoms with E-state index in [1.165, 1.54) is 18.2 Å². The fourth-order valence-electron chi connectivity index (χ4n) is 1.47. The van der Waals surface area contributed by atoms with Crippen LogP contribution in [0.2, 0.25) is 0 Å². The molecule has 0 aromatic heterocycles. The Labute approximate surface area is 108 Å². The minimum atomic E-state index is -5.64. The molecule has 1 nitrogen and oxygen atoms in total. The molecule has 1 aromatic carbocycles. The average Bonchev–Trinajstić information content (AvgIpc) is 2.42. The summed E-state index contributed by atoms with van der Waals surface area (Å²) in [5.74, 6) is -18.2. The molecule has 0 saturated heterocycles. The van der Waals surface area contributed by atoms with Crippen LogP contribution in [0.1, 0.15) is 0 Å². The lowest BCUT2D eigenvalue weighted by Crippen LogP contribution is -2.49. The Hall–Kier alpha value is -1.37. The van der Waals surface area contributed by atoms with Crippen molar-refractivity contribution in [3.63, 3.8) is 0 Å². The Morgan fingerprint density at radius 1 is 0.842 bits per heavy atom. The highest BCUT2D eigenvalue weighted by atomic mass is 35.5. The van der Waals surface area contributed by atoms with E-state index < -0.39 is 28.6 Å². The number of para-hydroxylation sites is 1. The normalized spacial score (nSPS) is 23.5. The molecule has 1 aromatic rings. The van der Waals surface area contributed by atoms with Crippen molar-refractivity contribution < 1.29 is 31.1 Å². The van der Waals surface area contributed by atoms with Gasteiger partial charge in [0.25, 0.3) is 0 Å². The van der Waals surface area contributed by atoms with Crippen molar-refractivity contribution in [3.8, 4) is 5.75 Å². The van der Waals surface area contributed by atoms with Crippen LogP contribution in [0.3, 0.4) is 0 Å². The maximum absolute atomic E-state index is 13.3. The van der Waals surface area contributed by atoms with Crippen LogP contribution in [-0.4, -0.2) is 17.8 Å². The first-order valence-electron chi connectivity index (χ1n) is 4.89. The molecule has 1 aliphatic rings. The van der Waals surface area contributed by atoms with E-state index in [0.29, 0.717) is 0 Å². The third-order valence-electron chi connectivity index (χ3n) is 2.51. The maximum Gasteiger partial charge on any atom is 0.384 e. The van der Waals surface area contributed by atoms with Crippen molar-refractivity contribution in [2.45, 2.75) is 17.8 Å². The minimum Gasteiger partial charge on any atom is -0.454 e. The second-order valence-corrected chi connectivity index (χ2v) is 4.16. The Balaban J connectivity index is 2.47. The van der Waals surface area contributed by atoms with Crippen molar-refractivity contribution >= 4 is 11.6 Å². The van der Waals surface area contributed by atoms with Gasteiger partial charge in [0.2, 0.25) is 5.76 Å². The van der Waals surface area contributed by atoms with Gasteiger partial charge in [-0.25, -0.2) is 0 Å². The van der Waals surface area contributed by atoms with Crippen molar-refractivity contribution in [3.05, 3.63) is 41.1 Å². The van der Waals surface area contributed by atoms with Gasteiger partial charge in [-0.3, -0.25) is 0 Å². The summed E-state index contributed by atoms with van der Waals surface area (Å²) in [6, 6.07) is 6.49. The van der Waals surface area contributed by atoms with E-state index in [0.717, 1.165) is 12.1 Å². The number of halogens is 7. The highest BCUT2D eigenvalue weighted by Crippen LogP contribution is 2.60. The third-order valence-corrected chi connectivity index (χ3v) is 2.92.